The van der Waals surface area contributed by atoms with Gasteiger partial charge in [0, 0.05) is 18.0 Å². The average molecular weight is 293 g/mol. The number of hydrogen-bond donors (Lipinski definition) is 1. The van der Waals surface area contributed by atoms with Crippen LogP contribution in [0.2, 0.25) is 0 Å². The van der Waals surface area contributed by atoms with Crippen LogP contribution in [0.15, 0.2) is 6.20 Å². The van der Waals surface area contributed by atoms with E-state index >= 15 is 0 Å². The number of aromatic nitrogens is 2. The summed E-state index contributed by atoms with van der Waals surface area (Å²) >= 11 is 0. The minimum atomic E-state index is 0.0455. The normalized spacial score (nSPS) is 13.8. The molecule has 1 N–H and O–H groups in total. The third-order valence-electron chi connectivity index (χ3n) is 3.40. The SMILES string of the molecule is CC(C)c1ncc(OC(C)C(C)C)c(CNC(C)(C)C)n1. The third kappa shape index (κ3) is 6.00. The summed E-state index contributed by atoms with van der Waals surface area (Å²) in [7, 11) is 0. The Kier molecular flexibility index (Phi) is 6.14. The van der Waals surface area contributed by atoms with Crippen LogP contribution in [0.4, 0.5) is 0 Å². The Morgan fingerprint density at radius 2 is 1.76 bits per heavy atom. The second kappa shape index (κ2) is 7.21. The molecule has 0 saturated carbocycles. The van der Waals surface area contributed by atoms with Crippen LogP contribution in [-0.2, 0) is 6.54 Å². The lowest BCUT2D eigenvalue weighted by molar-refractivity contribution is 0.166. The van der Waals surface area contributed by atoms with Crippen molar-refractivity contribution >= 4 is 0 Å². The van der Waals surface area contributed by atoms with E-state index in [0.29, 0.717) is 18.4 Å². The Labute approximate surface area is 129 Å². The van der Waals surface area contributed by atoms with Crippen LogP contribution in [0, 0.1) is 5.92 Å². The Morgan fingerprint density at radius 1 is 1.14 bits per heavy atom. The fourth-order valence-electron chi connectivity index (χ4n) is 1.61. The molecular formula is C17H31N3O. The Hall–Kier alpha value is -1.16. The molecule has 0 saturated heterocycles. The smallest absolute Gasteiger partial charge is 0.160 e. The van der Waals surface area contributed by atoms with Crippen LogP contribution in [0.25, 0.3) is 0 Å². The Bertz CT molecular complexity index is 450. The number of nitrogens with zero attached hydrogens (tertiary/aromatic N) is 2. The van der Waals surface area contributed by atoms with Crippen molar-refractivity contribution in [2.45, 2.75) is 79.5 Å². The molecule has 1 heterocycles. The molecule has 21 heavy (non-hydrogen) atoms. The summed E-state index contributed by atoms with van der Waals surface area (Å²) in [5.41, 5.74) is 0.986. The molecule has 0 spiro atoms. The van der Waals surface area contributed by atoms with Gasteiger partial charge in [0.15, 0.2) is 5.75 Å². The van der Waals surface area contributed by atoms with Crippen molar-refractivity contribution in [3.8, 4) is 5.75 Å². The zero-order valence-corrected chi connectivity index (χ0v) is 14.8. The second-order valence-corrected chi connectivity index (χ2v) is 7.36. The molecule has 0 fully saturated rings. The lowest BCUT2D eigenvalue weighted by Gasteiger charge is -2.23. The van der Waals surface area contributed by atoms with Crippen molar-refractivity contribution in [1.82, 2.24) is 15.3 Å². The summed E-state index contributed by atoms with van der Waals surface area (Å²) < 4.78 is 6.04. The topological polar surface area (TPSA) is 47.0 Å². The highest BCUT2D eigenvalue weighted by Crippen LogP contribution is 2.22. The molecule has 4 nitrogen and oxygen atoms in total. The van der Waals surface area contributed by atoms with Gasteiger partial charge in [0.05, 0.1) is 18.0 Å². The second-order valence-electron chi connectivity index (χ2n) is 7.36. The summed E-state index contributed by atoms with van der Waals surface area (Å²) in [5, 5.41) is 3.48. The molecule has 1 atom stereocenters. The molecule has 0 amide bonds. The van der Waals surface area contributed by atoms with Gasteiger partial charge >= 0.3 is 0 Å². The van der Waals surface area contributed by atoms with Gasteiger partial charge in [0.1, 0.15) is 5.82 Å². The van der Waals surface area contributed by atoms with Crippen LogP contribution >= 0.6 is 0 Å². The monoisotopic (exact) mass is 293 g/mol. The van der Waals surface area contributed by atoms with Gasteiger partial charge < -0.3 is 10.1 Å². The molecule has 0 bridgehead atoms. The maximum Gasteiger partial charge on any atom is 0.160 e. The summed E-state index contributed by atoms with van der Waals surface area (Å²) in [6, 6.07) is 0. The molecule has 1 unspecified atom stereocenters. The minimum absolute atomic E-state index is 0.0455. The van der Waals surface area contributed by atoms with E-state index in [9.17, 15) is 0 Å². The van der Waals surface area contributed by atoms with Crippen molar-refractivity contribution in [2.75, 3.05) is 0 Å². The van der Waals surface area contributed by atoms with E-state index in [4.69, 9.17) is 4.74 Å². The number of rotatable bonds is 6. The first-order chi connectivity index (χ1) is 9.60. The zero-order valence-electron chi connectivity index (χ0n) is 14.8. The van der Waals surface area contributed by atoms with Gasteiger partial charge in [-0.05, 0) is 33.6 Å². The van der Waals surface area contributed by atoms with E-state index in [1.165, 1.54) is 0 Å². The van der Waals surface area contributed by atoms with E-state index in [0.717, 1.165) is 17.3 Å². The average Bonchev–Trinajstić information content (AvgIpc) is 2.36. The maximum absolute atomic E-state index is 6.04. The highest BCUT2D eigenvalue weighted by Gasteiger charge is 2.17. The number of ether oxygens (including phenoxy) is 1. The first-order valence-electron chi connectivity index (χ1n) is 7.87. The standard InChI is InChI=1S/C17H31N3O/c1-11(2)13(5)21-15-10-18-16(12(3)4)20-14(15)9-19-17(6,7)8/h10-13,19H,9H2,1-8H3. The van der Waals surface area contributed by atoms with E-state index in [2.05, 4.69) is 70.7 Å². The molecule has 0 radical (unpaired) electrons. The predicted octanol–water partition coefficient (Wildman–Crippen LogP) is 3.91. The summed E-state index contributed by atoms with van der Waals surface area (Å²) in [5.74, 6) is 2.43. The van der Waals surface area contributed by atoms with Crippen LogP contribution in [0.1, 0.15) is 72.8 Å². The van der Waals surface area contributed by atoms with Gasteiger partial charge in [0.25, 0.3) is 0 Å². The van der Waals surface area contributed by atoms with Gasteiger partial charge in [0.2, 0.25) is 0 Å². The first-order valence-corrected chi connectivity index (χ1v) is 7.87. The van der Waals surface area contributed by atoms with Crippen molar-refractivity contribution in [1.29, 1.82) is 0 Å². The Morgan fingerprint density at radius 3 is 2.24 bits per heavy atom. The van der Waals surface area contributed by atoms with Crippen LogP contribution in [-0.4, -0.2) is 21.6 Å². The molecule has 1 aromatic heterocycles. The minimum Gasteiger partial charge on any atom is -0.487 e. The van der Waals surface area contributed by atoms with E-state index in [-0.39, 0.29) is 11.6 Å². The fraction of sp³-hybridized carbons (Fsp3) is 0.765. The molecule has 4 heteroatoms. The number of hydrogen-bond acceptors (Lipinski definition) is 4. The van der Waals surface area contributed by atoms with Crippen LogP contribution in [0.3, 0.4) is 0 Å². The summed E-state index contributed by atoms with van der Waals surface area (Å²) in [4.78, 5) is 9.12. The van der Waals surface area contributed by atoms with Crippen molar-refractivity contribution in [3.63, 3.8) is 0 Å². The number of nitrogens with one attached hydrogen (secondary N) is 1. The van der Waals surface area contributed by atoms with Crippen LogP contribution < -0.4 is 10.1 Å². The molecule has 0 aromatic carbocycles. The molecule has 1 aromatic rings. The van der Waals surface area contributed by atoms with E-state index in [1.807, 2.05) is 6.20 Å². The molecule has 0 aliphatic heterocycles. The van der Waals surface area contributed by atoms with Gasteiger partial charge in [-0.25, -0.2) is 9.97 Å². The highest BCUT2D eigenvalue weighted by atomic mass is 16.5. The molecule has 0 aliphatic rings. The van der Waals surface area contributed by atoms with Gasteiger partial charge in [-0.2, -0.15) is 0 Å². The van der Waals surface area contributed by atoms with Gasteiger partial charge in [-0.1, -0.05) is 27.7 Å². The van der Waals surface area contributed by atoms with Crippen LogP contribution in [0.5, 0.6) is 5.75 Å². The highest BCUT2D eigenvalue weighted by molar-refractivity contribution is 5.26. The largest absolute Gasteiger partial charge is 0.487 e. The molecule has 120 valence electrons. The van der Waals surface area contributed by atoms with Crippen molar-refractivity contribution in [2.24, 2.45) is 5.92 Å². The van der Waals surface area contributed by atoms with Crippen molar-refractivity contribution < 1.29 is 4.74 Å². The van der Waals surface area contributed by atoms with E-state index in [1.54, 1.807) is 0 Å². The quantitative estimate of drug-likeness (QED) is 0.864. The third-order valence-corrected chi connectivity index (χ3v) is 3.40. The zero-order chi connectivity index (χ0) is 16.2. The predicted molar refractivity (Wildman–Crippen MR) is 87.6 cm³/mol. The van der Waals surface area contributed by atoms with Crippen molar-refractivity contribution in [3.05, 3.63) is 17.7 Å². The fourth-order valence-corrected chi connectivity index (χ4v) is 1.61. The first kappa shape index (κ1) is 17.9. The lowest BCUT2D eigenvalue weighted by Crippen LogP contribution is -2.35. The lowest BCUT2D eigenvalue weighted by atomic mass is 10.1. The van der Waals surface area contributed by atoms with Gasteiger partial charge in [-0.15, -0.1) is 0 Å². The van der Waals surface area contributed by atoms with E-state index < -0.39 is 0 Å². The molecule has 0 aliphatic carbocycles. The molecular weight excluding hydrogens is 262 g/mol. The maximum atomic E-state index is 6.04. The summed E-state index contributed by atoms with van der Waals surface area (Å²) in [6.07, 6.45) is 1.97. The molecule has 1 rings (SSSR count). The summed E-state index contributed by atoms with van der Waals surface area (Å²) in [6.45, 7) is 17.7. The Balaban J connectivity index is 2.99. The van der Waals surface area contributed by atoms with Gasteiger partial charge in [-0.3, -0.25) is 0 Å².